The predicted octanol–water partition coefficient (Wildman–Crippen LogP) is 4.00. The standard InChI is InChI=1S/C23H26O6/c1-15(24)17-8-11-20(21(12-17)27-5)28-14-22(26)29-13-19(25)16-6-9-18(10-7-16)23(2,3)4/h6-12H,13-14H2,1-5H3. The number of carbonyl (C=O) groups excluding carboxylic acids is 3. The predicted molar refractivity (Wildman–Crippen MR) is 109 cm³/mol. The van der Waals surface area contributed by atoms with Gasteiger partial charge in [0, 0.05) is 11.1 Å². The van der Waals surface area contributed by atoms with Crippen molar-refractivity contribution in [3.05, 3.63) is 59.2 Å². The summed E-state index contributed by atoms with van der Waals surface area (Å²) in [5.41, 5.74) is 2.06. The summed E-state index contributed by atoms with van der Waals surface area (Å²) in [6, 6.07) is 11.9. The maximum Gasteiger partial charge on any atom is 0.344 e. The highest BCUT2D eigenvalue weighted by Crippen LogP contribution is 2.28. The molecule has 0 unspecified atom stereocenters. The summed E-state index contributed by atoms with van der Waals surface area (Å²) in [4.78, 5) is 35.6. The van der Waals surface area contributed by atoms with Crippen molar-refractivity contribution in [2.24, 2.45) is 0 Å². The van der Waals surface area contributed by atoms with E-state index < -0.39 is 5.97 Å². The lowest BCUT2D eigenvalue weighted by atomic mass is 9.86. The van der Waals surface area contributed by atoms with Gasteiger partial charge in [-0.05, 0) is 36.1 Å². The monoisotopic (exact) mass is 398 g/mol. The van der Waals surface area contributed by atoms with Gasteiger partial charge in [0.1, 0.15) is 0 Å². The normalized spacial score (nSPS) is 10.9. The van der Waals surface area contributed by atoms with Crippen LogP contribution in [0.1, 0.15) is 54.0 Å². The van der Waals surface area contributed by atoms with Crippen molar-refractivity contribution in [1.29, 1.82) is 0 Å². The summed E-state index contributed by atoms with van der Waals surface area (Å²) in [5.74, 6) is -0.438. The Labute approximate surface area is 170 Å². The third kappa shape index (κ3) is 6.17. The second-order valence-corrected chi connectivity index (χ2v) is 7.62. The highest BCUT2D eigenvalue weighted by molar-refractivity contribution is 5.98. The minimum Gasteiger partial charge on any atom is -0.493 e. The van der Waals surface area contributed by atoms with Crippen molar-refractivity contribution >= 4 is 17.5 Å². The van der Waals surface area contributed by atoms with E-state index in [0.717, 1.165) is 5.56 Å². The van der Waals surface area contributed by atoms with Crippen LogP contribution in [0.5, 0.6) is 11.5 Å². The Bertz CT molecular complexity index is 891. The molecule has 6 heteroatoms. The molecule has 0 aliphatic carbocycles. The number of hydrogen-bond donors (Lipinski definition) is 0. The number of ketones is 2. The van der Waals surface area contributed by atoms with Crippen LogP contribution in [0.2, 0.25) is 0 Å². The summed E-state index contributed by atoms with van der Waals surface area (Å²) >= 11 is 0. The molecule has 2 aromatic rings. The van der Waals surface area contributed by atoms with Crippen molar-refractivity contribution in [1.82, 2.24) is 0 Å². The molecule has 29 heavy (non-hydrogen) atoms. The largest absolute Gasteiger partial charge is 0.493 e. The van der Waals surface area contributed by atoms with Gasteiger partial charge in [0.2, 0.25) is 0 Å². The summed E-state index contributed by atoms with van der Waals surface area (Å²) in [6.45, 7) is 6.97. The first-order valence-corrected chi connectivity index (χ1v) is 9.23. The van der Waals surface area contributed by atoms with Crippen LogP contribution in [0.15, 0.2) is 42.5 Å². The fourth-order valence-corrected chi connectivity index (χ4v) is 2.57. The minimum absolute atomic E-state index is 0.00490. The first kappa shape index (κ1) is 22.1. The van der Waals surface area contributed by atoms with Crippen LogP contribution < -0.4 is 9.47 Å². The van der Waals surface area contributed by atoms with Gasteiger partial charge in [-0.1, -0.05) is 45.0 Å². The van der Waals surface area contributed by atoms with Crippen LogP contribution in [0, 0.1) is 0 Å². The molecule has 0 bridgehead atoms. The van der Waals surface area contributed by atoms with E-state index in [0.29, 0.717) is 22.6 Å². The van der Waals surface area contributed by atoms with Gasteiger partial charge in [0.05, 0.1) is 7.11 Å². The molecular formula is C23H26O6. The van der Waals surface area contributed by atoms with E-state index >= 15 is 0 Å². The molecular weight excluding hydrogens is 372 g/mol. The average molecular weight is 398 g/mol. The Balaban J connectivity index is 1.88. The van der Waals surface area contributed by atoms with Gasteiger partial charge in [0.15, 0.2) is 36.3 Å². The van der Waals surface area contributed by atoms with Gasteiger partial charge in [-0.3, -0.25) is 9.59 Å². The zero-order chi connectivity index (χ0) is 21.6. The van der Waals surface area contributed by atoms with E-state index in [9.17, 15) is 14.4 Å². The van der Waals surface area contributed by atoms with Gasteiger partial charge in [0.25, 0.3) is 0 Å². The Morgan fingerprint density at radius 3 is 2.03 bits per heavy atom. The molecule has 0 amide bonds. The molecule has 2 rings (SSSR count). The number of ether oxygens (including phenoxy) is 3. The molecule has 0 aliphatic rings. The fraction of sp³-hybridized carbons (Fsp3) is 0.348. The second kappa shape index (κ2) is 9.37. The van der Waals surface area contributed by atoms with Gasteiger partial charge >= 0.3 is 5.97 Å². The summed E-state index contributed by atoms with van der Waals surface area (Å²) in [7, 11) is 1.44. The first-order chi connectivity index (χ1) is 13.6. The Morgan fingerprint density at radius 1 is 0.862 bits per heavy atom. The molecule has 0 saturated carbocycles. The number of carbonyl (C=O) groups is 3. The molecule has 0 spiro atoms. The SMILES string of the molecule is COc1cc(C(C)=O)ccc1OCC(=O)OCC(=O)c1ccc(C(C)(C)C)cc1. The topological polar surface area (TPSA) is 78.9 Å². The van der Waals surface area contributed by atoms with Crippen molar-refractivity contribution in [3.63, 3.8) is 0 Å². The molecule has 0 heterocycles. The molecule has 0 radical (unpaired) electrons. The molecule has 6 nitrogen and oxygen atoms in total. The molecule has 2 aromatic carbocycles. The molecule has 0 aromatic heterocycles. The maximum absolute atomic E-state index is 12.2. The summed E-state index contributed by atoms with van der Waals surface area (Å²) in [5, 5.41) is 0. The van der Waals surface area contributed by atoms with Crippen molar-refractivity contribution in [2.45, 2.75) is 33.1 Å². The van der Waals surface area contributed by atoms with Crippen LogP contribution in [-0.4, -0.2) is 37.9 Å². The molecule has 154 valence electrons. The number of rotatable bonds is 8. The van der Waals surface area contributed by atoms with E-state index in [-0.39, 0.29) is 30.2 Å². The van der Waals surface area contributed by atoms with Crippen molar-refractivity contribution < 1.29 is 28.6 Å². The lowest BCUT2D eigenvalue weighted by molar-refractivity contribution is -0.144. The van der Waals surface area contributed by atoms with Crippen LogP contribution in [0.3, 0.4) is 0 Å². The van der Waals surface area contributed by atoms with E-state index in [1.165, 1.54) is 20.1 Å². The Morgan fingerprint density at radius 2 is 1.48 bits per heavy atom. The van der Waals surface area contributed by atoms with E-state index in [1.54, 1.807) is 24.3 Å². The molecule has 0 saturated heterocycles. The van der Waals surface area contributed by atoms with E-state index in [4.69, 9.17) is 14.2 Å². The molecule has 0 N–H and O–H groups in total. The van der Waals surface area contributed by atoms with E-state index in [2.05, 4.69) is 20.8 Å². The van der Waals surface area contributed by atoms with Gasteiger partial charge < -0.3 is 14.2 Å². The lowest BCUT2D eigenvalue weighted by Crippen LogP contribution is -2.20. The zero-order valence-electron chi connectivity index (χ0n) is 17.4. The van der Waals surface area contributed by atoms with Crippen LogP contribution >= 0.6 is 0 Å². The number of esters is 1. The first-order valence-electron chi connectivity index (χ1n) is 9.23. The summed E-state index contributed by atoms with van der Waals surface area (Å²) < 4.78 is 15.6. The number of methoxy groups -OCH3 is 1. The zero-order valence-corrected chi connectivity index (χ0v) is 17.4. The molecule has 0 aliphatic heterocycles. The minimum atomic E-state index is -0.678. The van der Waals surface area contributed by atoms with Gasteiger partial charge in [-0.2, -0.15) is 0 Å². The lowest BCUT2D eigenvalue weighted by Gasteiger charge is -2.18. The van der Waals surface area contributed by atoms with Crippen molar-refractivity contribution in [2.75, 3.05) is 20.3 Å². The fourth-order valence-electron chi connectivity index (χ4n) is 2.57. The maximum atomic E-state index is 12.2. The Hall–Kier alpha value is -3.15. The van der Waals surface area contributed by atoms with Crippen LogP contribution in [0.4, 0.5) is 0 Å². The quantitative estimate of drug-likeness (QED) is 0.494. The van der Waals surface area contributed by atoms with Crippen LogP contribution in [0.25, 0.3) is 0 Å². The summed E-state index contributed by atoms with van der Waals surface area (Å²) in [6.07, 6.45) is 0. The van der Waals surface area contributed by atoms with Gasteiger partial charge in [-0.15, -0.1) is 0 Å². The second-order valence-electron chi connectivity index (χ2n) is 7.62. The number of hydrogen-bond acceptors (Lipinski definition) is 6. The molecule has 0 atom stereocenters. The van der Waals surface area contributed by atoms with Crippen LogP contribution in [-0.2, 0) is 14.9 Å². The van der Waals surface area contributed by atoms with Crippen molar-refractivity contribution in [3.8, 4) is 11.5 Å². The van der Waals surface area contributed by atoms with E-state index in [1.807, 2.05) is 12.1 Å². The average Bonchev–Trinajstić information content (AvgIpc) is 2.69. The smallest absolute Gasteiger partial charge is 0.344 e. The number of benzene rings is 2. The third-order valence-electron chi connectivity index (χ3n) is 4.35. The molecule has 0 fully saturated rings. The third-order valence-corrected chi connectivity index (χ3v) is 4.35. The number of Topliss-reactive ketones (excluding diaryl/α,β-unsaturated/α-hetero) is 2. The van der Waals surface area contributed by atoms with Gasteiger partial charge in [-0.25, -0.2) is 4.79 Å². The highest BCUT2D eigenvalue weighted by Gasteiger charge is 2.16. The Kier molecular flexibility index (Phi) is 7.15. The highest BCUT2D eigenvalue weighted by atomic mass is 16.6.